The van der Waals surface area contributed by atoms with Crippen molar-refractivity contribution in [3.8, 4) is 11.3 Å². The predicted octanol–water partition coefficient (Wildman–Crippen LogP) is 10.2. The first-order valence-electron chi connectivity index (χ1n) is 16.0. The molecule has 0 saturated heterocycles. The smallest absolute Gasteiger partial charge is 0.170 e. The molecule has 6 nitrogen and oxygen atoms in total. The first-order chi connectivity index (χ1) is 23.8. The molecule has 0 fully saturated rings. The van der Waals surface area contributed by atoms with Gasteiger partial charge in [0.1, 0.15) is 34.1 Å². The standard InChI is InChI=1S/C42H26N4O2/c1-2-11-26(12-3-1)38-39-30(22-23-43-38)37-32(16-9-19-35(37)48-39)42-45-40(28-21-20-25-10-4-5-13-27(25)24-28)44-41(46-42)31-15-8-18-34-36(31)29-14-6-7-17-33(29)47-34/h1-24,41H,(H,44,45,46). The van der Waals surface area contributed by atoms with Gasteiger partial charge in [-0.2, -0.15) is 0 Å². The molecule has 0 aliphatic carbocycles. The van der Waals surface area contributed by atoms with Crippen LogP contribution in [0.3, 0.4) is 0 Å². The average Bonchev–Trinajstić information content (AvgIpc) is 3.73. The van der Waals surface area contributed by atoms with Crippen LogP contribution >= 0.6 is 0 Å². The molecule has 1 atom stereocenters. The monoisotopic (exact) mass is 618 g/mol. The molecule has 1 N–H and O–H groups in total. The molecule has 226 valence electrons. The van der Waals surface area contributed by atoms with Crippen LogP contribution in [0.25, 0.3) is 65.9 Å². The SMILES string of the molecule is c1ccc(-c2nccc3c2oc2cccc(C4=NC(c5cccc6oc7ccccc7c56)N=C(c5ccc6ccccc6c5)N4)c23)cc1. The van der Waals surface area contributed by atoms with Gasteiger partial charge in [-0.05, 0) is 41.1 Å². The summed E-state index contributed by atoms with van der Waals surface area (Å²) in [6.45, 7) is 0. The van der Waals surface area contributed by atoms with Crippen LogP contribution < -0.4 is 5.32 Å². The quantitative estimate of drug-likeness (QED) is 0.213. The van der Waals surface area contributed by atoms with E-state index in [2.05, 4.69) is 78.1 Å². The molecule has 0 radical (unpaired) electrons. The van der Waals surface area contributed by atoms with Crippen LogP contribution in [-0.2, 0) is 0 Å². The molecule has 48 heavy (non-hydrogen) atoms. The Morgan fingerprint density at radius 1 is 0.521 bits per heavy atom. The van der Waals surface area contributed by atoms with Gasteiger partial charge in [0.2, 0.25) is 0 Å². The van der Waals surface area contributed by atoms with Crippen LogP contribution in [0.5, 0.6) is 0 Å². The number of pyridine rings is 1. The highest BCUT2D eigenvalue weighted by atomic mass is 16.3. The van der Waals surface area contributed by atoms with Crippen molar-refractivity contribution >= 4 is 66.3 Å². The number of nitrogens with zero attached hydrogens (tertiary/aromatic N) is 3. The number of hydrogen-bond donors (Lipinski definition) is 1. The highest BCUT2D eigenvalue weighted by molar-refractivity contribution is 6.24. The summed E-state index contributed by atoms with van der Waals surface area (Å²) in [5, 5.41) is 9.99. The summed E-state index contributed by atoms with van der Waals surface area (Å²) < 4.78 is 12.8. The fraction of sp³-hybridized carbons (Fsp3) is 0.0238. The molecule has 1 unspecified atom stereocenters. The molecule has 1 aliphatic heterocycles. The van der Waals surface area contributed by atoms with Crippen LogP contribution in [0.15, 0.2) is 165 Å². The lowest BCUT2D eigenvalue weighted by atomic mass is 10.0. The van der Waals surface area contributed by atoms with E-state index in [1.807, 2.05) is 72.9 Å². The predicted molar refractivity (Wildman–Crippen MR) is 194 cm³/mol. The van der Waals surface area contributed by atoms with Crippen molar-refractivity contribution in [3.05, 3.63) is 162 Å². The van der Waals surface area contributed by atoms with Gasteiger partial charge in [-0.1, -0.05) is 109 Å². The Morgan fingerprint density at radius 2 is 1.27 bits per heavy atom. The van der Waals surface area contributed by atoms with Crippen molar-refractivity contribution in [2.75, 3.05) is 0 Å². The maximum absolute atomic E-state index is 6.55. The fourth-order valence-corrected chi connectivity index (χ4v) is 6.98. The van der Waals surface area contributed by atoms with E-state index >= 15 is 0 Å². The Bertz CT molecular complexity index is 2770. The Labute approximate surface area is 274 Å². The van der Waals surface area contributed by atoms with Gasteiger partial charge in [0.05, 0.1) is 0 Å². The number of aliphatic imine (C=N–C) groups is 2. The van der Waals surface area contributed by atoms with Crippen molar-refractivity contribution in [3.63, 3.8) is 0 Å². The van der Waals surface area contributed by atoms with E-state index in [9.17, 15) is 0 Å². The first kappa shape index (κ1) is 26.7. The lowest BCUT2D eigenvalue weighted by molar-refractivity contribution is 0.667. The highest BCUT2D eigenvalue weighted by Crippen LogP contribution is 2.39. The lowest BCUT2D eigenvalue weighted by Gasteiger charge is -2.23. The van der Waals surface area contributed by atoms with Gasteiger partial charge in [-0.15, -0.1) is 0 Å². The molecule has 3 aromatic heterocycles. The summed E-state index contributed by atoms with van der Waals surface area (Å²) in [6.07, 6.45) is 1.32. The molecule has 0 amide bonds. The molecule has 10 rings (SSSR count). The maximum Gasteiger partial charge on any atom is 0.170 e. The van der Waals surface area contributed by atoms with Gasteiger partial charge in [0, 0.05) is 50.0 Å². The zero-order valence-electron chi connectivity index (χ0n) is 25.6. The van der Waals surface area contributed by atoms with E-state index in [0.717, 1.165) is 83.0 Å². The summed E-state index contributed by atoms with van der Waals surface area (Å²) in [4.78, 5) is 15.3. The summed E-state index contributed by atoms with van der Waals surface area (Å²) >= 11 is 0. The minimum atomic E-state index is -0.526. The van der Waals surface area contributed by atoms with Crippen molar-refractivity contribution in [2.45, 2.75) is 6.17 Å². The molecule has 0 spiro atoms. The van der Waals surface area contributed by atoms with Gasteiger partial charge in [-0.3, -0.25) is 4.98 Å². The fourth-order valence-electron chi connectivity index (χ4n) is 6.98. The van der Waals surface area contributed by atoms with Gasteiger partial charge in [0.15, 0.2) is 11.7 Å². The van der Waals surface area contributed by atoms with Crippen LogP contribution in [0, 0.1) is 0 Å². The third-order valence-corrected chi connectivity index (χ3v) is 9.19. The number of fused-ring (bicyclic) bond motifs is 7. The second-order valence-corrected chi connectivity index (χ2v) is 12.0. The van der Waals surface area contributed by atoms with E-state index in [-0.39, 0.29) is 0 Å². The molecular formula is C42H26N4O2. The van der Waals surface area contributed by atoms with E-state index in [1.54, 1.807) is 0 Å². The van der Waals surface area contributed by atoms with E-state index < -0.39 is 6.17 Å². The minimum absolute atomic E-state index is 0.526. The number of amidine groups is 2. The van der Waals surface area contributed by atoms with E-state index in [4.69, 9.17) is 23.8 Å². The molecule has 0 bridgehead atoms. The Morgan fingerprint density at radius 3 is 2.19 bits per heavy atom. The summed E-state index contributed by atoms with van der Waals surface area (Å²) in [7, 11) is 0. The number of aromatic nitrogens is 1. The van der Waals surface area contributed by atoms with Crippen LogP contribution in [0.2, 0.25) is 0 Å². The third-order valence-electron chi connectivity index (χ3n) is 9.19. The van der Waals surface area contributed by atoms with Gasteiger partial charge < -0.3 is 14.2 Å². The number of para-hydroxylation sites is 1. The number of furan rings is 2. The summed E-state index contributed by atoms with van der Waals surface area (Å²) in [5.41, 5.74) is 7.88. The minimum Gasteiger partial charge on any atom is -0.456 e. The third kappa shape index (κ3) is 4.16. The van der Waals surface area contributed by atoms with Crippen LogP contribution in [-0.4, -0.2) is 16.7 Å². The summed E-state index contributed by atoms with van der Waals surface area (Å²) in [5.74, 6) is 1.46. The molecule has 1 aliphatic rings. The van der Waals surface area contributed by atoms with Crippen molar-refractivity contribution < 1.29 is 8.83 Å². The highest BCUT2D eigenvalue weighted by Gasteiger charge is 2.26. The van der Waals surface area contributed by atoms with Gasteiger partial charge >= 0.3 is 0 Å². The zero-order valence-corrected chi connectivity index (χ0v) is 25.6. The Kier molecular flexibility index (Phi) is 5.84. The van der Waals surface area contributed by atoms with E-state index in [1.165, 1.54) is 5.39 Å². The number of hydrogen-bond acceptors (Lipinski definition) is 6. The first-order valence-corrected chi connectivity index (χ1v) is 16.0. The van der Waals surface area contributed by atoms with Crippen molar-refractivity contribution in [2.24, 2.45) is 9.98 Å². The molecule has 0 saturated carbocycles. The van der Waals surface area contributed by atoms with Crippen LogP contribution in [0.1, 0.15) is 22.9 Å². The van der Waals surface area contributed by atoms with Gasteiger partial charge in [0.25, 0.3) is 0 Å². The Hall–Kier alpha value is -6.53. The summed E-state index contributed by atoms with van der Waals surface area (Å²) in [6, 6.07) is 47.4. The maximum atomic E-state index is 6.55. The molecule has 4 heterocycles. The topological polar surface area (TPSA) is 75.9 Å². The van der Waals surface area contributed by atoms with Gasteiger partial charge in [-0.25, -0.2) is 9.98 Å². The normalized spacial score (nSPS) is 14.9. The van der Waals surface area contributed by atoms with Crippen molar-refractivity contribution in [1.29, 1.82) is 0 Å². The lowest BCUT2D eigenvalue weighted by Crippen LogP contribution is -2.36. The number of rotatable bonds is 4. The Balaban J connectivity index is 1.20. The average molecular weight is 619 g/mol. The molecule has 6 heteroatoms. The second-order valence-electron chi connectivity index (χ2n) is 12.0. The molecular weight excluding hydrogens is 592 g/mol. The number of benzene rings is 6. The van der Waals surface area contributed by atoms with E-state index in [0.29, 0.717) is 5.84 Å². The van der Waals surface area contributed by atoms with Crippen LogP contribution in [0.4, 0.5) is 0 Å². The second kappa shape index (κ2) is 10.5. The zero-order chi connectivity index (χ0) is 31.6. The number of nitrogens with one attached hydrogen (secondary N) is 1. The largest absolute Gasteiger partial charge is 0.456 e. The van der Waals surface area contributed by atoms with Crippen molar-refractivity contribution in [1.82, 2.24) is 10.3 Å². The molecule has 6 aromatic carbocycles. The molecule has 9 aromatic rings.